The van der Waals surface area contributed by atoms with Crippen LogP contribution in [0.5, 0.6) is 0 Å². The molecule has 0 aromatic heterocycles. The molecule has 1 rings (SSSR count). The largest absolute Gasteiger partial charge is 0.444 e. The number of alkyl carbamates (subject to hydrolysis) is 1. The smallest absolute Gasteiger partial charge is 0.407 e. The van der Waals surface area contributed by atoms with Gasteiger partial charge in [-0.2, -0.15) is 0 Å². The quantitative estimate of drug-likeness (QED) is 0.762. The molecule has 1 saturated heterocycles. The first-order valence-corrected chi connectivity index (χ1v) is 6.67. The van der Waals surface area contributed by atoms with Crippen molar-refractivity contribution in [1.29, 1.82) is 0 Å². The predicted octanol–water partition coefficient (Wildman–Crippen LogP) is 1.15. The summed E-state index contributed by atoms with van der Waals surface area (Å²) in [7, 11) is 0. The Morgan fingerprint density at radius 1 is 1.47 bits per heavy atom. The number of likely N-dealkylation sites (tertiary alicyclic amines) is 1. The summed E-state index contributed by atoms with van der Waals surface area (Å²) in [6.07, 6.45) is -0.150. The van der Waals surface area contributed by atoms with Crippen LogP contribution in [0.4, 0.5) is 4.79 Å². The van der Waals surface area contributed by atoms with Crippen molar-refractivity contribution >= 4 is 12.0 Å². The number of carbonyl (C=O) groups excluding carboxylic acids is 2. The second-order valence-corrected chi connectivity index (χ2v) is 5.58. The van der Waals surface area contributed by atoms with E-state index in [0.717, 1.165) is 0 Å². The molecule has 0 radical (unpaired) electrons. The van der Waals surface area contributed by atoms with Gasteiger partial charge >= 0.3 is 6.09 Å². The zero-order chi connectivity index (χ0) is 14.5. The first kappa shape index (κ1) is 15.8. The van der Waals surface area contributed by atoms with Crippen LogP contribution in [0, 0.1) is 0 Å². The lowest BCUT2D eigenvalue weighted by atomic mass is 10.2. The summed E-state index contributed by atoms with van der Waals surface area (Å²) in [4.78, 5) is 25.0. The highest BCUT2D eigenvalue weighted by molar-refractivity contribution is 5.80. The Morgan fingerprint density at radius 2 is 2.16 bits per heavy atom. The van der Waals surface area contributed by atoms with Crippen molar-refractivity contribution < 1.29 is 19.1 Å². The average Bonchev–Trinajstić information content (AvgIpc) is 2.56. The van der Waals surface area contributed by atoms with Crippen molar-refractivity contribution in [2.24, 2.45) is 0 Å². The fourth-order valence-corrected chi connectivity index (χ4v) is 1.88. The maximum Gasteiger partial charge on any atom is 0.407 e. The number of hydrogen-bond acceptors (Lipinski definition) is 4. The van der Waals surface area contributed by atoms with Gasteiger partial charge in [-0.15, -0.1) is 0 Å². The summed E-state index contributed by atoms with van der Waals surface area (Å²) in [6.45, 7) is 9.59. The Morgan fingerprint density at radius 3 is 2.74 bits per heavy atom. The molecule has 0 saturated carbocycles. The number of nitrogens with one attached hydrogen (secondary N) is 1. The molecular weight excluding hydrogens is 248 g/mol. The van der Waals surface area contributed by atoms with E-state index in [1.807, 2.05) is 6.92 Å². The van der Waals surface area contributed by atoms with Crippen LogP contribution < -0.4 is 5.32 Å². The van der Waals surface area contributed by atoms with E-state index in [1.54, 1.807) is 25.7 Å². The Labute approximate surface area is 114 Å². The van der Waals surface area contributed by atoms with E-state index in [9.17, 15) is 9.59 Å². The van der Waals surface area contributed by atoms with Gasteiger partial charge in [0.15, 0.2) is 0 Å². The Bertz CT molecular complexity index is 325. The highest BCUT2D eigenvalue weighted by atomic mass is 16.6. The topological polar surface area (TPSA) is 67.9 Å². The lowest BCUT2D eigenvalue weighted by Gasteiger charge is -2.21. The Kier molecular flexibility index (Phi) is 5.60. The second kappa shape index (κ2) is 6.75. The highest BCUT2D eigenvalue weighted by Gasteiger charge is 2.31. The van der Waals surface area contributed by atoms with Crippen LogP contribution in [-0.4, -0.2) is 54.8 Å². The molecule has 1 heterocycles. The van der Waals surface area contributed by atoms with Gasteiger partial charge in [0.1, 0.15) is 5.60 Å². The lowest BCUT2D eigenvalue weighted by molar-refractivity contribution is -0.128. The third-order valence-electron chi connectivity index (χ3n) is 2.65. The summed E-state index contributed by atoms with van der Waals surface area (Å²) < 4.78 is 10.4. The van der Waals surface area contributed by atoms with Gasteiger partial charge in [-0.05, 0) is 27.7 Å². The van der Waals surface area contributed by atoms with Crippen molar-refractivity contribution in [2.45, 2.75) is 45.8 Å². The summed E-state index contributed by atoms with van der Waals surface area (Å²) in [6, 6.07) is -0.177. The molecule has 1 atom stereocenters. The molecule has 1 fully saturated rings. The summed E-state index contributed by atoms with van der Waals surface area (Å²) >= 11 is 0. The molecule has 2 amide bonds. The minimum atomic E-state index is -0.526. The van der Waals surface area contributed by atoms with Gasteiger partial charge in [0, 0.05) is 26.1 Å². The summed E-state index contributed by atoms with van der Waals surface area (Å²) in [5, 5.41) is 2.72. The first-order valence-electron chi connectivity index (χ1n) is 6.67. The van der Waals surface area contributed by atoms with Crippen molar-refractivity contribution in [3.8, 4) is 0 Å². The molecule has 0 bridgehead atoms. The molecule has 0 aromatic carbocycles. The van der Waals surface area contributed by atoms with E-state index < -0.39 is 11.7 Å². The van der Waals surface area contributed by atoms with E-state index in [-0.39, 0.29) is 11.9 Å². The van der Waals surface area contributed by atoms with Crippen LogP contribution >= 0.6 is 0 Å². The average molecular weight is 272 g/mol. The zero-order valence-corrected chi connectivity index (χ0v) is 12.2. The molecule has 0 unspecified atom stereocenters. The zero-order valence-electron chi connectivity index (χ0n) is 12.2. The fraction of sp³-hybridized carbons (Fsp3) is 0.846. The monoisotopic (exact) mass is 272 g/mol. The van der Waals surface area contributed by atoms with Crippen LogP contribution in [0.3, 0.4) is 0 Å². The Hall–Kier alpha value is -1.30. The van der Waals surface area contributed by atoms with Crippen molar-refractivity contribution in [3.05, 3.63) is 0 Å². The van der Waals surface area contributed by atoms with E-state index in [2.05, 4.69) is 5.32 Å². The number of hydrogen-bond donors (Lipinski definition) is 1. The molecule has 0 spiro atoms. The number of carbonyl (C=O) groups is 2. The van der Waals surface area contributed by atoms with Crippen LogP contribution in [0.15, 0.2) is 0 Å². The molecule has 6 nitrogen and oxygen atoms in total. The molecule has 110 valence electrons. The standard InChI is InChI=1S/C13H24N2O4/c1-5-18-7-6-15-9-10(8-11(15)16)14-12(17)19-13(2,3)4/h10H,5-9H2,1-4H3,(H,14,17)/t10-/m1/s1. The van der Waals surface area contributed by atoms with Gasteiger partial charge in [0.25, 0.3) is 0 Å². The van der Waals surface area contributed by atoms with E-state index in [1.165, 1.54) is 0 Å². The third kappa shape index (κ3) is 5.92. The fourth-order valence-electron chi connectivity index (χ4n) is 1.88. The van der Waals surface area contributed by atoms with Crippen LogP contribution in [0.2, 0.25) is 0 Å². The number of ether oxygens (including phenoxy) is 2. The summed E-state index contributed by atoms with van der Waals surface area (Å²) in [5.74, 6) is 0.0424. The molecule has 1 N–H and O–H groups in total. The number of nitrogens with zero attached hydrogens (tertiary/aromatic N) is 1. The van der Waals surface area contributed by atoms with Gasteiger partial charge in [0.05, 0.1) is 12.6 Å². The van der Waals surface area contributed by atoms with Gasteiger partial charge < -0.3 is 19.7 Å². The normalized spacial score (nSPS) is 19.7. The molecule has 0 aliphatic carbocycles. The number of rotatable bonds is 5. The first-order chi connectivity index (χ1) is 8.81. The van der Waals surface area contributed by atoms with Gasteiger partial charge in [0.2, 0.25) is 5.91 Å². The van der Waals surface area contributed by atoms with Gasteiger partial charge in [-0.3, -0.25) is 4.79 Å². The maximum absolute atomic E-state index is 11.7. The highest BCUT2D eigenvalue weighted by Crippen LogP contribution is 2.12. The Balaban J connectivity index is 2.34. The van der Waals surface area contributed by atoms with E-state index in [4.69, 9.17) is 9.47 Å². The molecule has 0 aromatic rings. The van der Waals surface area contributed by atoms with Gasteiger partial charge in [-0.1, -0.05) is 0 Å². The van der Waals surface area contributed by atoms with Gasteiger partial charge in [-0.25, -0.2) is 4.79 Å². The minimum Gasteiger partial charge on any atom is -0.444 e. The predicted molar refractivity (Wildman–Crippen MR) is 70.8 cm³/mol. The molecular formula is C13H24N2O4. The van der Waals surface area contributed by atoms with Crippen LogP contribution in [0.25, 0.3) is 0 Å². The van der Waals surface area contributed by atoms with Crippen LogP contribution in [-0.2, 0) is 14.3 Å². The second-order valence-electron chi connectivity index (χ2n) is 5.58. The molecule has 1 aliphatic rings. The van der Waals surface area contributed by atoms with Crippen LogP contribution in [0.1, 0.15) is 34.1 Å². The van der Waals surface area contributed by atoms with Crippen molar-refractivity contribution in [3.63, 3.8) is 0 Å². The molecule has 19 heavy (non-hydrogen) atoms. The summed E-state index contributed by atoms with van der Waals surface area (Å²) in [5.41, 5.74) is -0.526. The SMILES string of the molecule is CCOCCN1C[C@H](NC(=O)OC(C)(C)C)CC1=O. The van der Waals surface area contributed by atoms with E-state index in [0.29, 0.717) is 32.7 Å². The van der Waals surface area contributed by atoms with Crippen molar-refractivity contribution in [2.75, 3.05) is 26.3 Å². The lowest BCUT2D eigenvalue weighted by Crippen LogP contribution is -2.40. The van der Waals surface area contributed by atoms with E-state index >= 15 is 0 Å². The third-order valence-corrected chi connectivity index (χ3v) is 2.65. The molecule has 1 aliphatic heterocycles. The number of amides is 2. The molecule has 6 heteroatoms. The van der Waals surface area contributed by atoms with Crippen molar-refractivity contribution in [1.82, 2.24) is 10.2 Å². The maximum atomic E-state index is 11.7. The minimum absolute atomic E-state index is 0.0424.